The van der Waals surface area contributed by atoms with E-state index in [1.54, 1.807) is 31.3 Å². The molecule has 9 heteroatoms. The van der Waals surface area contributed by atoms with Crippen molar-refractivity contribution < 1.29 is 9.59 Å². The largest absolute Gasteiger partial charge is 0.357 e. The average Bonchev–Trinajstić information content (AvgIpc) is 2.97. The first-order chi connectivity index (χ1) is 13.7. The van der Waals surface area contributed by atoms with Crippen LogP contribution >= 0.6 is 11.8 Å². The molecule has 2 aromatic rings. The molecule has 1 aromatic heterocycles. The fraction of sp³-hybridized carbons (Fsp3) is 0.421. The Bertz CT molecular complexity index is 865. The van der Waals surface area contributed by atoms with Crippen LogP contribution in [0.15, 0.2) is 29.4 Å². The third-order valence-electron chi connectivity index (χ3n) is 4.98. The summed E-state index contributed by atoms with van der Waals surface area (Å²) in [5.74, 6) is 0.574. The number of fused-ring (bicyclic) bond motifs is 1. The van der Waals surface area contributed by atoms with Crippen molar-refractivity contribution in [2.45, 2.75) is 43.3 Å². The average molecular weight is 398 g/mol. The monoisotopic (exact) mass is 398 g/mol. The van der Waals surface area contributed by atoms with E-state index in [2.05, 4.69) is 25.6 Å². The maximum absolute atomic E-state index is 12.5. The van der Waals surface area contributed by atoms with Crippen molar-refractivity contribution in [3.63, 3.8) is 0 Å². The Morgan fingerprint density at radius 1 is 1.00 bits per heavy atom. The van der Waals surface area contributed by atoms with Crippen molar-refractivity contribution in [1.82, 2.24) is 19.9 Å². The molecule has 2 heterocycles. The van der Waals surface area contributed by atoms with Crippen molar-refractivity contribution in [3.8, 4) is 0 Å². The van der Waals surface area contributed by atoms with Gasteiger partial charge in [0.25, 0.3) is 11.8 Å². The molecule has 1 saturated carbocycles. The third-order valence-corrected chi connectivity index (χ3v) is 5.81. The fourth-order valence-electron chi connectivity index (χ4n) is 3.51. The predicted octanol–water partition coefficient (Wildman–Crippen LogP) is 3.00. The van der Waals surface area contributed by atoms with Crippen molar-refractivity contribution in [2.24, 2.45) is 0 Å². The Balaban J connectivity index is 1.46. The van der Waals surface area contributed by atoms with Gasteiger partial charge in [0.1, 0.15) is 0 Å². The lowest BCUT2D eigenvalue weighted by molar-refractivity contribution is 0.0684. The predicted molar refractivity (Wildman–Crippen MR) is 108 cm³/mol. The smallest absolute Gasteiger partial charge is 0.262 e. The number of aromatic nitrogens is 3. The van der Waals surface area contributed by atoms with E-state index >= 15 is 0 Å². The summed E-state index contributed by atoms with van der Waals surface area (Å²) < 4.78 is 0. The minimum atomic E-state index is -0.281. The summed E-state index contributed by atoms with van der Waals surface area (Å²) in [5, 5.41) is 6.80. The van der Waals surface area contributed by atoms with Gasteiger partial charge >= 0.3 is 0 Å². The minimum absolute atomic E-state index is 0.155. The molecule has 1 fully saturated rings. The third kappa shape index (κ3) is 3.80. The molecule has 1 aliphatic heterocycles. The first-order valence-electron chi connectivity index (χ1n) is 9.44. The van der Waals surface area contributed by atoms with Crippen LogP contribution < -0.4 is 10.6 Å². The standard InChI is InChI=1S/C19H22N6O2S/c1-20-17-22-18(21-12-7-3-2-4-8-12)24-19(23-17)28-11-25-15(26)13-9-5-6-10-14(13)16(25)27/h5-6,9-10,12H,2-4,7-8,11H2,1H3,(H2,20,21,22,23,24). The maximum atomic E-state index is 12.5. The lowest BCUT2D eigenvalue weighted by Gasteiger charge is -2.23. The fourth-order valence-corrected chi connectivity index (χ4v) is 4.29. The molecule has 1 aromatic carbocycles. The van der Waals surface area contributed by atoms with Crippen LogP contribution in [0.1, 0.15) is 52.8 Å². The molecular weight excluding hydrogens is 376 g/mol. The van der Waals surface area contributed by atoms with Crippen LogP contribution in [-0.2, 0) is 0 Å². The highest BCUT2D eigenvalue weighted by Crippen LogP contribution is 2.27. The zero-order valence-corrected chi connectivity index (χ0v) is 16.5. The number of carbonyl (C=O) groups excluding carboxylic acids is 2. The topological polar surface area (TPSA) is 100 Å². The van der Waals surface area contributed by atoms with Gasteiger partial charge in [0, 0.05) is 13.1 Å². The number of carbonyl (C=O) groups is 2. The van der Waals surface area contributed by atoms with E-state index < -0.39 is 0 Å². The van der Waals surface area contributed by atoms with Crippen LogP contribution in [0.2, 0.25) is 0 Å². The van der Waals surface area contributed by atoms with Crippen LogP contribution in [-0.4, -0.2) is 50.6 Å². The minimum Gasteiger partial charge on any atom is -0.357 e. The number of hydrogen-bond acceptors (Lipinski definition) is 8. The van der Waals surface area contributed by atoms with E-state index in [0.29, 0.717) is 34.2 Å². The van der Waals surface area contributed by atoms with E-state index in [4.69, 9.17) is 0 Å². The number of rotatable bonds is 6. The number of amides is 2. The summed E-state index contributed by atoms with van der Waals surface area (Å²) in [6.45, 7) is 0. The number of thioether (sulfide) groups is 1. The Kier molecular flexibility index (Phi) is 5.43. The number of imide groups is 1. The van der Waals surface area contributed by atoms with E-state index in [0.717, 1.165) is 12.8 Å². The Hall–Kier alpha value is -2.68. The molecule has 2 N–H and O–H groups in total. The van der Waals surface area contributed by atoms with Gasteiger partial charge < -0.3 is 10.6 Å². The second-order valence-corrected chi connectivity index (χ2v) is 7.76. The van der Waals surface area contributed by atoms with Crippen LogP contribution in [0, 0.1) is 0 Å². The van der Waals surface area contributed by atoms with E-state index in [1.165, 1.54) is 35.9 Å². The first kappa shape index (κ1) is 18.7. The lowest BCUT2D eigenvalue weighted by Crippen LogP contribution is -2.29. The molecule has 0 atom stereocenters. The van der Waals surface area contributed by atoms with Crippen LogP contribution in [0.3, 0.4) is 0 Å². The van der Waals surface area contributed by atoms with E-state index in [-0.39, 0.29) is 17.7 Å². The van der Waals surface area contributed by atoms with Gasteiger partial charge in [0.15, 0.2) is 5.16 Å². The first-order valence-corrected chi connectivity index (χ1v) is 10.4. The van der Waals surface area contributed by atoms with Crippen molar-refractivity contribution in [2.75, 3.05) is 23.6 Å². The molecule has 2 aliphatic rings. The van der Waals surface area contributed by atoms with E-state index in [1.807, 2.05) is 0 Å². The van der Waals surface area contributed by atoms with Crippen LogP contribution in [0.5, 0.6) is 0 Å². The summed E-state index contributed by atoms with van der Waals surface area (Å²) in [7, 11) is 1.75. The Labute approximate surface area is 167 Å². The molecule has 0 unspecified atom stereocenters. The van der Waals surface area contributed by atoms with Crippen LogP contribution in [0.25, 0.3) is 0 Å². The lowest BCUT2D eigenvalue weighted by atomic mass is 9.96. The highest BCUT2D eigenvalue weighted by atomic mass is 32.2. The molecule has 0 radical (unpaired) electrons. The Morgan fingerprint density at radius 2 is 1.64 bits per heavy atom. The second kappa shape index (κ2) is 8.14. The molecule has 28 heavy (non-hydrogen) atoms. The number of nitrogens with one attached hydrogen (secondary N) is 2. The zero-order valence-electron chi connectivity index (χ0n) is 15.6. The van der Waals surface area contributed by atoms with Gasteiger partial charge in [-0.15, -0.1) is 0 Å². The van der Waals surface area contributed by atoms with Crippen molar-refractivity contribution in [3.05, 3.63) is 35.4 Å². The molecule has 0 bridgehead atoms. The van der Waals surface area contributed by atoms with Gasteiger partial charge in [0.2, 0.25) is 11.9 Å². The van der Waals surface area contributed by atoms with Gasteiger partial charge in [-0.1, -0.05) is 43.2 Å². The van der Waals surface area contributed by atoms with Gasteiger partial charge in [0.05, 0.1) is 17.0 Å². The number of hydrogen-bond donors (Lipinski definition) is 2. The molecule has 146 valence electrons. The highest BCUT2D eigenvalue weighted by molar-refractivity contribution is 7.99. The number of nitrogens with zero attached hydrogens (tertiary/aromatic N) is 4. The summed E-state index contributed by atoms with van der Waals surface area (Å²) in [5.41, 5.74) is 0.888. The van der Waals surface area contributed by atoms with Crippen molar-refractivity contribution >= 4 is 35.5 Å². The van der Waals surface area contributed by atoms with Gasteiger partial charge in [-0.05, 0) is 25.0 Å². The summed E-state index contributed by atoms with van der Waals surface area (Å²) in [4.78, 5) is 39.4. The van der Waals surface area contributed by atoms with E-state index in [9.17, 15) is 9.59 Å². The molecule has 0 spiro atoms. The Morgan fingerprint density at radius 3 is 2.29 bits per heavy atom. The maximum Gasteiger partial charge on any atom is 0.262 e. The summed E-state index contributed by atoms with van der Waals surface area (Å²) in [6, 6.07) is 7.24. The van der Waals surface area contributed by atoms with Gasteiger partial charge in [-0.3, -0.25) is 14.5 Å². The highest BCUT2D eigenvalue weighted by Gasteiger charge is 2.35. The van der Waals surface area contributed by atoms with Crippen LogP contribution in [0.4, 0.5) is 11.9 Å². The summed E-state index contributed by atoms with van der Waals surface area (Å²) >= 11 is 1.24. The molecular formula is C19H22N6O2S. The SMILES string of the molecule is CNc1nc(NC2CCCCC2)nc(SCN2C(=O)c3ccccc3C2=O)n1. The number of anilines is 2. The molecule has 0 saturated heterocycles. The molecule has 1 aliphatic carbocycles. The zero-order chi connectivity index (χ0) is 19.5. The van der Waals surface area contributed by atoms with Crippen molar-refractivity contribution in [1.29, 1.82) is 0 Å². The summed E-state index contributed by atoms with van der Waals surface area (Å²) in [6.07, 6.45) is 5.92. The van der Waals surface area contributed by atoms with Gasteiger partial charge in [-0.2, -0.15) is 15.0 Å². The molecule has 4 rings (SSSR count). The second-order valence-electron chi connectivity index (χ2n) is 6.85. The molecule has 8 nitrogen and oxygen atoms in total. The quantitative estimate of drug-likeness (QED) is 0.566. The number of benzene rings is 1. The molecule has 2 amide bonds. The normalized spacial score (nSPS) is 17.0. The van der Waals surface area contributed by atoms with Gasteiger partial charge in [-0.25, -0.2) is 0 Å².